The number of pyridine rings is 1. The lowest BCUT2D eigenvalue weighted by molar-refractivity contribution is -0.0499. The Hall–Kier alpha value is -3.28. The van der Waals surface area contributed by atoms with Crippen LogP contribution in [-0.4, -0.2) is 22.7 Å². The van der Waals surface area contributed by atoms with Gasteiger partial charge in [-0.05, 0) is 48.1 Å². The number of nitrogens with zero attached hydrogens (tertiary/aromatic N) is 1. The summed E-state index contributed by atoms with van der Waals surface area (Å²) in [5.41, 5.74) is 3.49. The molecule has 0 spiro atoms. The maximum Gasteiger partial charge on any atom is 0.387 e. The van der Waals surface area contributed by atoms with Crippen molar-refractivity contribution in [1.82, 2.24) is 4.98 Å². The third kappa shape index (κ3) is 3.70. The first-order valence-corrected chi connectivity index (χ1v) is 9.33. The monoisotopic (exact) mass is 395 g/mol. The molecule has 0 radical (unpaired) electrons. The molecule has 4 nitrogen and oxygen atoms in total. The fraction of sp³-hybridized carbons (Fsp3) is 0.217. The third-order valence-electron chi connectivity index (χ3n) is 5.10. The van der Waals surface area contributed by atoms with Gasteiger partial charge in [0.2, 0.25) is 0 Å². The highest BCUT2D eigenvalue weighted by atomic mass is 19.3. The Morgan fingerprint density at radius 3 is 2.66 bits per heavy atom. The van der Waals surface area contributed by atoms with Crippen LogP contribution in [0.15, 0.2) is 48.5 Å². The van der Waals surface area contributed by atoms with Crippen molar-refractivity contribution in [2.24, 2.45) is 5.92 Å². The number of fused-ring (bicyclic) bond motifs is 2. The molecule has 0 amide bonds. The van der Waals surface area contributed by atoms with Crippen molar-refractivity contribution in [3.8, 4) is 5.75 Å². The van der Waals surface area contributed by atoms with E-state index in [4.69, 9.17) is 4.98 Å². The number of aromatic nitrogens is 1. The largest absolute Gasteiger partial charge is 0.478 e. The summed E-state index contributed by atoms with van der Waals surface area (Å²) in [6.45, 7) is -0.882. The Morgan fingerprint density at radius 2 is 1.90 bits per heavy atom. The molecule has 1 heterocycles. The van der Waals surface area contributed by atoms with Gasteiger partial charge in [-0.25, -0.2) is 9.78 Å². The van der Waals surface area contributed by atoms with E-state index in [-0.39, 0.29) is 17.2 Å². The van der Waals surface area contributed by atoms with Gasteiger partial charge in [0.05, 0.1) is 16.8 Å². The fourth-order valence-electron chi connectivity index (χ4n) is 3.97. The number of benzene rings is 2. The van der Waals surface area contributed by atoms with Crippen LogP contribution in [0, 0.1) is 5.92 Å². The molecule has 0 unspecified atom stereocenters. The standard InChI is InChI=1S/C23H19F2NO3/c1-13-10-15(12-14-6-2-5-9-19(14)29-23(24)25)21-17(11-13)20(22(27)28)16-7-3-4-8-18(16)26-21/h2-9,12-13,23H,10-11H2,1H3,(H,27,28)/b15-12-/t13-/m1/s1. The van der Waals surface area contributed by atoms with Gasteiger partial charge in [0.15, 0.2) is 0 Å². The molecule has 0 bridgehead atoms. The predicted molar refractivity (Wildman–Crippen MR) is 107 cm³/mol. The summed E-state index contributed by atoms with van der Waals surface area (Å²) < 4.78 is 30.2. The zero-order valence-electron chi connectivity index (χ0n) is 15.7. The Labute approximate surface area is 166 Å². The van der Waals surface area contributed by atoms with Crippen LogP contribution in [0.2, 0.25) is 0 Å². The topological polar surface area (TPSA) is 59.4 Å². The molecule has 1 atom stereocenters. The number of hydrogen-bond acceptors (Lipinski definition) is 3. The number of aromatic carboxylic acids is 1. The number of hydrogen-bond donors (Lipinski definition) is 1. The summed E-state index contributed by atoms with van der Waals surface area (Å²) in [6.07, 6.45) is 3.04. The molecule has 148 valence electrons. The molecule has 29 heavy (non-hydrogen) atoms. The van der Waals surface area contributed by atoms with Gasteiger partial charge in [-0.1, -0.05) is 43.3 Å². The average molecular weight is 395 g/mol. The SMILES string of the molecule is C[C@@H]1C/C(=C/c2ccccc2OC(F)F)c2nc3ccccc3c(C(=O)O)c2C1. The molecular formula is C23H19F2NO3. The number of carboxylic acid groups (broad SMARTS) is 1. The number of carboxylic acids is 1. The summed E-state index contributed by atoms with van der Waals surface area (Å²) in [7, 11) is 0. The molecule has 0 saturated carbocycles. The maximum atomic E-state index is 12.8. The van der Waals surface area contributed by atoms with Crippen LogP contribution in [-0.2, 0) is 6.42 Å². The molecule has 0 fully saturated rings. The van der Waals surface area contributed by atoms with Crippen molar-refractivity contribution in [2.75, 3.05) is 0 Å². The van der Waals surface area contributed by atoms with Gasteiger partial charge in [0.1, 0.15) is 5.75 Å². The highest BCUT2D eigenvalue weighted by Gasteiger charge is 2.28. The van der Waals surface area contributed by atoms with Crippen LogP contribution in [0.5, 0.6) is 5.75 Å². The van der Waals surface area contributed by atoms with E-state index >= 15 is 0 Å². The Kier molecular flexibility index (Phi) is 5.01. The normalized spacial score (nSPS) is 17.5. The molecule has 3 aromatic rings. The quantitative estimate of drug-likeness (QED) is 0.619. The Morgan fingerprint density at radius 1 is 1.17 bits per heavy atom. The van der Waals surface area contributed by atoms with E-state index in [0.717, 1.165) is 5.57 Å². The van der Waals surface area contributed by atoms with Crippen molar-refractivity contribution >= 4 is 28.5 Å². The molecule has 2 aromatic carbocycles. The van der Waals surface area contributed by atoms with Gasteiger partial charge in [0.25, 0.3) is 0 Å². The molecule has 1 aliphatic carbocycles. The zero-order chi connectivity index (χ0) is 20.5. The van der Waals surface area contributed by atoms with Crippen molar-refractivity contribution < 1.29 is 23.4 Å². The lowest BCUT2D eigenvalue weighted by Crippen LogP contribution is -2.17. The summed E-state index contributed by atoms with van der Waals surface area (Å²) >= 11 is 0. The van der Waals surface area contributed by atoms with Crippen molar-refractivity contribution in [1.29, 1.82) is 0 Å². The summed E-state index contributed by atoms with van der Waals surface area (Å²) in [5, 5.41) is 10.5. The molecular weight excluding hydrogens is 376 g/mol. The van der Waals surface area contributed by atoms with Crippen molar-refractivity contribution in [3.05, 3.63) is 70.9 Å². The minimum atomic E-state index is -2.92. The number of halogens is 2. The highest BCUT2D eigenvalue weighted by molar-refractivity contribution is 6.06. The van der Waals surface area contributed by atoms with Gasteiger partial charge in [0, 0.05) is 10.9 Å². The van der Waals surface area contributed by atoms with Gasteiger partial charge in [-0.3, -0.25) is 0 Å². The van der Waals surface area contributed by atoms with Crippen LogP contribution >= 0.6 is 0 Å². The average Bonchev–Trinajstić information content (AvgIpc) is 2.67. The second kappa shape index (κ2) is 7.62. The minimum absolute atomic E-state index is 0.0778. The first-order valence-electron chi connectivity index (χ1n) is 9.33. The van der Waals surface area contributed by atoms with E-state index in [1.165, 1.54) is 6.07 Å². The van der Waals surface area contributed by atoms with Crippen LogP contribution in [0.4, 0.5) is 8.78 Å². The molecule has 1 aromatic heterocycles. The molecule has 1 N–H and O–H groups in total. The molecule has 1 aliphatic rings. The molecule has 0 aliphatic heterocycles. The van der Waals surface area contributed by atoms with E-state index in [2.05, 4.69) is 4.74 Å². The van der Waals surface area contributed by atoms with E-state index < -0.39 is 12.6 Å². The van der Waals surface area contributed by atoms with E-state index in [9.17, 15) is 18.7 Å². The van der Waals surface area contributed by atoms with E-state index in [0.29, 0.717) is 40.6 Å². The lowest BCUT2D eigenvalue weighted by atomic mass is 9.80. The van der Waals surface area contributed by atoms with E-state index in [1.807, 2.05) is 13.0 Å². The van der Waals surface area contributed by atoms with Gasteiger partial charge >= 0.3 is 12.6 Å². The van der Waals surface area contributed by atoms with Crippen LogP contribution in [0.1, 0.15) is 40.5 Å². The number of allylic oxidation sites excluding steroid dienone is 1. The molecule has 4 rings (SSSR count). The number of rotatable bonds is 4. The van der Waals surface area contributed by atoms with Crippen LogP contribution in [0.25, 0.3) is 22.6 Å². The summed E-state index contributed by atoms with van der Waals surface area (Å²) in [5.74, 6) is -0.721. The highest BCUT2D eigenvalue weighted by Crippen LogP contribution is 2.39. The lowest BCUT2D eigenvalue weighted by Gasteiger charge is -2.26. The minimum Gasteiger partial charge on any atom is -0.478 e. The number of carbonyl (C=O) groups is 1. The van der Waals surface area contributed by atoms with Gasteiger partial charge < -0.3 is 9.84 Å². The summed E-state index contributed by atoms with van der Waals surface area (Å²) in [4.78, 5) is 16.8. The fourth-order valence-corrected chi connectivity index (χ4v) is 3.97. The van der Waals surface area contributed by atoms with Gasteiger partial charge in [-0.15, -0.1) is 0 Å². The predicted octanol–water partition coefficient (Wildman–Crippen LogP) is 5.66. The van der Waals surface area contributed by atoms with Crippen LogP contribution < -0.4 is 4.74 Å². The van der Waals surface area contributed by atoms with Crippen molar-refractivity contribution in [2.45, 2.75) is 26.4 Å². The molecule has 6 heteroatoms. The van der Waals surface area contributed by atoms with Crippen LogP contribution in [0.3, 0.4) is 0 Å². The van der Waals surface area contributed by atoms with Crippen molar-refractivity contribution in [3.63, 3.8) is 0 Å². The maximum absolute atomic E-state index is 12.8. The second-order valence-electron chi connectivity index (χ2n) is 7.24. The third-order valence-corrected chi connectivity index (χ3v) is 5.10. The zero-order valence-corrected chi connectivity index (χ0v) is 15.7. The second-order valence-corrected chi connectivity index (χ2v) is 7.24. The van der Waals surface area contributed by atoms with Gasteiger partial charge in [-0.2, -0.15) is 8.78 Å². The van der Waals surface area contributed by atoms with E-state index in [1.54, 1.807) is 42.5 Å². The number of ether oxygens (including phenoxy) is 1. The number of para-hydroxylation sites is 2. The number of alkyl halides is 2. The first-order chi connectivity index (χ1) is 13.9. The Bertz CT molecular complexity index is 1120. The molecule has 0 saturated heterocycles. The Balaban J connectivity index is 1.94. The first kappa shape index (κ1) is 19.1. The summed E-state index contributed by atoms with van der Waals surface area (Å²) in [6, 6.07) is 13.7. The smallest absolute Gasteiger partial charge is 0.387 e.